The zero-order chi connectivity index (χ0) is 19.6. The highest BCUT2D eigenvalue weighted by molar-refractivity contribution is 5.90. The van der Waals surface area contributed by atoms with E-state index in [4.69, 9.17) is 9.84 Å². The lowest BCUT2D eigenvalue weighted by Crippen LogP contribution is -2.44. The summed E-state index contributed by atoms with van der Waals surface area (Å²) in [6, 6.07) is 4.90. The number of likely N-dealkylation sites (tertiary alicyclic amines) is 1. The number of hydrogen-bond acceptors (Lipinski definition) is 5. The van der Waals surface area contributed by atoms with Gasteiger partial charge in [-0.2, -0.15) is 5.26 Å². The lowest BCUT2D eigenvalue weighted by atomic mass is 9.80. The number of rotatable bonds is 5. The van der Waals surface area contributed by atoms with Crippen LogP contribution < -0.4 is 4.74 Å². The molecule has 27 heavy (non-hydrogen) atoms. The molecule has 1 aliphatic carbocycles. The van der Waals surface area contributed by atoms with E-state index in [9.17, 15) is 19.2 Å². The normalized spacial score (nSPS) is 18.5. The maximum absolute atomic E-state index is 14.3. The number of methoxy groups -OCH3 is 1. The molecule has 2 aliphatic rings. The van der Waals surface area contributed by atoms with Crippen LogP contribution in [0.2, 0.25) is 0 Å². The molecular formula is C19H21FN2O5. The van der Waals surface area contributed by atoms with Crippen molar-refractivity contribution in [2.45, 2.75) is 31.6 Å². The minimum absolute atomic E-state index is 0.0493. The number of carboxylic acid groups (broad SMARTS) is 1. The Labute approximate surface area is 156 Å². The van der Waals surface area contributed by atoms with E-state index in [1.807, 2.05) is 0 Å². The molecule has 1 aliphatic heterocycles. The van der Waals surface area contributed by atoms with E-state index in [0.717, 1.165) is 18.4 Å². The van der Waals surface area contributed by atoms with Gasteiger partial charge in [-0.15, -0.1) is 0 Å². The van der Waals surface area contributed by atoms with Crippen LogP contribution in [-0.4, -0.2) is 48.9 Å². The number of benzene rings is 1. The Balaban J connectivity index is 1.77. The SMILES string of the molecule is COC(=O)c1cc(C2CC2)c(OCC2(C#N)CCN(C(=O)O)CC2)cc1F. The highest BCUT2D eigenvalue weighted by Crippen LogP contribution is 2.45. The van der Waals surface area contributed by atoms with Gasteiger partial charge in [-0.3, -0.25) is 0 Å². The molecule has 7 nitrogen and oxygen atoms in total. The van der Waals surface area contributed by atoms with Crippen molar-refractivity contribution < 1.29 is 28.6 Å². The molecule has 0 unspecified atom stereocenters. The third-order valence-electron chi connectivity index (χ3n) is 5.25. The van der Waals surface area contributed by atoms with Gasteiger partial charge in [0.25, 0.3) is 0 Å². The Morgan fingerprint density at radius 3 is 2.56 bits per heavy atom. The number of esters is 1. The summed E-state index contributed by atoms with van der Waals surface area (Å²) in [6.07, 6.45) is 1.58. The van der Waals surface area contributed by atoms with Crippen LogP contribution in [0.4, 0.5) is 9.18 Å². The van der Waals surface area contributed by atoms with Crippen LogP contribution >= 0.6 is 0 Å². The van der Waals surface area contributed by atoms with Gasteiger partial charge in [0, 0.05) is 19.2 Å². The van der Waals surface area contributed by atoms with Gasteiger partial charge in [0.15, 0.2) is 0 Å². The summed E-state index contributed by atoms with van der Waals surface area (Å²) in [7, 11) is 1.20. The fourth-order valence-electron chi connectivity index (χ4n) is 3.31. The first-order chi connectivity index (χ1) is 12.9. The number of halogens is 1. The first-order valence-electron chi connectivity index (χ1n) is 8.83. The molecule has 2 fully saturated rings. The van der Waals surface area contributed by atoms with Crippen LogP contribution in [0.15, 0.2) is 12.1 Å². The molecule has 1 aromatic rings. The molecule has 1 N–H and O–H groups in total. The molecule has 8 heteroatoms. The number of nitrogens with zero attached hydrogens (tertiary/aromatic N) is 2. The van der Waals surface area contributed by atoms with Crippen molar-refractivity contribution in [3.63, 3.8) is 0 Å². The van der Waals surface area contributed by atoms with E-state index in [2.05, 4.69) is 10.8 Å². The largest absolute Gasteiger partial charge is 0.492 e. The Kier molecular flexibility index (Phi) is 5.22. The Bertz CT molecular complexity index is 792. The second-order valence-corrected chi connectivity index (χ2v) is 7.09. The van der Waals surface area contributed by atoms with Crippen molar-refractivity contribution in [2.75, 3.05) is 26.8 Å². The van der Waals surface area contributed by atoms with Gasteiger partial charge in [0.1, 0.15) is 18.2 Å². The van der Waals surface area contributed by atoms with E-state index in [1.165, 1.54) is 24.1 Å². The summed E-state index contributed by atoms with van der Waals surface area (Å²) in [5, 5.41) is 18.7. The number of carbonyl (C=O) groups excluding carboxylic acids is 1. The Morgan fingerprint density at radius 1 is 1.37 bits per heavy atom. The van der Waals surface area contributed by atoms with Crippen molar-refractivity contribution in [2.24, 2.45) is 5.41 Å². The number of piperidine rings is 1. The van der Waals surface area contributed by atoms with Gasteiger partial charge in [0.05, 0.1) is 24.2 Å². The number of amides is 1. The van der Waals surface area contributed by atoms with Crippen LogP contribution in [0.5, 0.6) is 5.75 Å². The van der Waals surface area contributed by atoms with Crippen molar-refractivity contribution in [1.29, 1.82) is 5.26 Å². The Morgan fingerprint density at radius 2 is 2.04 bits per heavy atom. The predicted molar refractivity (Wildman–Crippen MR) is 92.1 cm³/mol. The number of nitriles is 1. The van der Waals surface area contributed by atoms with Crippen LogP contribution in [0.1, 0.15) is 47.5 Å². The molecule has 1 amide bonds. The number of ether oxygens (including phenoxy) is 2. The van der Waals surface area contributed by atoms with Crippen LogP contribution in [0.25, 0.3) is 0 Å². The van der Waals surface area contributed by atoms with Crippen LogP contribution in [0.3, 0.4) is 0 Å². The fraction of sp³-hybridized carbons (Fsp3) is 0.526. The summed E-state index contributed by atoms with van der Waals surface area (Å²) in [5.41, 5.74) is -0.200. The molecule has 0 bridgehead atoms. The van der Waals surface area contributed by atoms with Gasteiger partial charge in [-0.1, -0.05) is 0 Å². The molecule has 0 spiro atoms. The van der Waals surface area contributed by atoms with E-state index in [1.54, 1.807) is 0 Å². The lowest BCUT2D eigenvalue weighted by Gasteiger charge is -2.35. The van der Waals surface area contributed by atoms with Crippen molar-refractivity contribution in [1.82, 2.24) is 4.90 Å². The van der Waals surface area contributed by atoms with Gasteiger partial charge >= 0.3 is 12.1 Å². The fourth-order valence-corrected chi connectivity index (χ4v) is 3.31. The standard InChI is InChI=1S/C19H21FN2O5/c1-26-17(23)14-8-13(12-2-3-12)16(9-15(14)20)27-11-19(10-21)4-6-22(7-5-19)18(24)25/h8-9,12H,2-7,11H2,1H3,(H,24,25). The summed E-state index contributed by atoms with van der Waals surface area (Å²) in [4.78, 5) is 24.0. The Hall–Kier alpha value is -2.82. The third-order valence-corrected chi connectivity index (χ3v) is 5.25. The molecule has 0 aromatic heterocycles. The first kappa shape index (κ1) is 19.0. The zero-order valence-corrected chi connectivity index (χ0v) is 15.0. The van der Waals surface area contributed by atoms with E-state index >= 15 is 0 Å². The van der Waals surface area contributed by atoms with E-state index < -0.39 is 23.3 Å². The maximum atomic E-state index is 14.3. The average molecular weight is 376 g/mol. The van der Waals surface area contributed by atoms with Gasteiger partial charge in [-0.25, -0.2) is 14.0 Å². The number of carbonyl (C=O) groups is 2. The molecule has 3 rings (SSSR count). The maximum Gasteiger partial charge on any atom is 0.407 e. The topological polar surface area (TPSA) is 99.9 Å². The van der Waals surface area contributed by atoms with Crippen LogP contribution in [0, 0.1) is 22.6 Å². The highest BCUT2D eigenvalue weighted by Gasteiger charge is 2.38. The molecular weight excluding hydrogens is 355 g/mol. The molecule has 1 aromatic carbocycles. The summed E-state index contributed by atoms with van der Waals surface area (Å²) in [5.74, 6) is -0.933. The predicted octanol–water partition coefficient (Wildman–Crippen LogP) is 3.15. The molecule has 1 saturated carbocycles. The molecule has 1 heterocycles. The van der Waals surface area contributed by atoms with Gasteiger partial charge < -0.3 is 19.5 Å². The zero-order valence-electron chi connectivity index (χ0n) is 15.0. The molecule has 0 radical (unpaired) electrons. The second kappa shape index (κ2) is 7.43. The lowest BCUT2D eigenvalue weighted by molar-refractivity contribution is 0.0594. The average Bonchev–Trinajstić information content (AvgIpc) is 3.51. The quantitative estimate of drug-likeness (QED) is 0.793. The minimum Gasteiger partial charge on any atom is -0.492 e. The smallest absolute Gasteiger partial charge is 0.407 e. The van der Waals surface area contributed by atoms with E-state index in [-0.39, 0.29) is 31.2 Å². The highest BCUT2D eigenvalue weighted by atomic mass is 19.1. The van der Waals surface area contributed by atoms with Gasteiger partial charge in [0.2, 0.25) is 0 Å². The van der Waals surface area contributed by atoms with Gasteiger partial charge in [-0.05, 0) is 43.2 Å². The number of hydrogen-bond donors (Lipinski definition) is 1. The molecule has 0 atom stereocenters. The summed E-state index contributed by atoms with van der Waals surface area (Å²) in [6.45, 7) is 0.572. The van der Waals surface area contributed by atoms with Crippen molar-refractivity contribution in [3.8, 4) is 11.8 Å². The second-order valence-electron chi connectivity index (χ2n) is 7.09. The van der Waals surface area contributed by atoms with E-state index in [0.29, 0.717) is 18.6 Å². The summed E-state index contributed by atoms with van der Waals surface area (Å²) >= 11 is 0. The van der Waals surface area contributed by atoms with Crippen molar-refractivity contribution in [3.05, 3.63) is 29.1 Å². The minimum atomic E-state index is -1.00. The van der Waals surface area contributed by atoms with Crippen molar-refractivity contribution >= 4 is 12.1 Å². The monoisotopic (exact) mass is 376 g/mol. The third kappa shape index (κ3) is 3.97. The molecule has 1 saturated heterocycles. The first-order valence-corrected chi connectivity index (χ1v) is 8.83. The summed E-state index contributed by atoms with van der Waals surface area (Å²) < 4.78 is 24.8. The molecule has 144 valence electrons. The van der Waals surface area contributed by atoms with Crippen LogP contribution in [-0.2, 0) is 4.74 Å².